The second kappa shape index (κ2) is 5.66. The van der Waals surface area contributed by atoms with E-state index in [1.54, 1.807) is 0 Å². The number of anilines is 2. The molecule has 0 saturated heterocycles. The Morgan fingerprint density at radius 1 is 1.45 bits per heavy atom. The molecule has 1 aromatic heterocycles. The molecule has 2 rings (SSSR count). The highest BCUT2D eigenvalue weighted by Gasteiger charge is 2.22. The molecule has 104 valence electrons. The number of nitrogens with zero attached hydrogens (tertiary/aromatic N) is 3. The lowest BCUT2D eigenvalue weighted by Gasteiger charge is -2.10. The minimum atomic E-state index is -0.708. The fraction of sp³-hybridized carbons (Fsp3) is 0.0909. The normalized spacial score (nSPS) is 10.2. The molecular formula is C11H8ClFN4O3. The lowest BCUT2D eigenvalue weighted by Crippen LogP contribution is -2.03. The molecule has 9 heteroatoms. The van der Waals surface area contributed by atoms with Gasteiger partial charge in [0, 0.05) is 6.07 Å². The number of halogens is 2. The van der Waals surface area contributed by atoms with Gasteiger partial charge in [-0.1, -0.05) is 11.6 Å². The Bertz CT molecular complexity index is 668. The van der Waals surface area contributed by atoms with Gasteiger partial charge in [-0.15, -0.1) is 0 Å². The van der Waals surface area contributed by atoms with Gasteiger partial charge in [0.1, 0.15) is 17.9 Å². The molecule has 1 aromatic carbocycles. The average Bonchev–Trinajstić information content (AvgIpc) is 2.40. The van der Waals surface area contributed by atoms with Gasteiger partial charge in [0.05, 0.1) is 17.7 Å². The number of nitrogens with one attached hydrogen (secondary N) is 1. The third-order valence-electron chi connectivity index (χ3n) is 2.38. The summed E-state index contributed by atoms with van der Waals surface area (Å²) in [5, 5.41) is 13.3. The monoisotopic (exact) mass is 298 g/mol. The van der Waals surface area contributed by atoms with Gasteiger partial charge in [-0.05, 0) is 12.1 Å². The molecule has 0 radical (unpaired) electrons. The minimum absolute atomic E-state index is 0.111. The van der Waals surface area contributed by atoms with Crippen LogP contribution in [0, 0.1) is 15.9 Å². The van der Waals surface area contributed by atoms with Gasteiger partial charge in [0.25, 0.3) is 0 Å². The van der Waals surface area contributed by atoms with Crippen molar-refractivity contribution in [1.29, 1.82) is 0 Å². The van der Waals surface area contributed by atoms with Crippen LogP contribution in [0.3, 0.4) is 0 Å². The highest BCUT2D eigenvalue weighted by molar-refractivity contribution is 6.31. The summed E-state index contributed by atoms with van der Waals surface area (Å²) in [7, 11) is 1.35. The second-order valence-corrected chi connectivity index (χ2v) is 3.95. The standard InChI is InChI=1S/C11H8ClFN4O3/c1-20-8-4-6(13)2-3-7(8)16-11-9(17(18)19)10(12)14-5-15-11/h2-5H,1H3,(H,14,15,16). The van der Waals surface area contributed by atoms with E-state index in [2.05, 4.69) is 15.3 Å². The van der Waals surface area contributed by atoms with Gasteiger partial charge < -0.3 is 10.1 Å². The number of hydrogen-bond acceptors (Lipinski definition) is 6. The Kier molecular flexibility index (Phi) is 3.94. The van der Waals surface area contributed by atoms with Crippen molar-refractivity contribution in [3.8, 4) is 5.75 Å². The topological polar surface area (TPSA) is 90.2 Å². The molecule has 0 fully saturated rings. The quantitative estimate of drug-likeness (QED) is 0.530. The van der Waals surface area contributed by atoms with E-state index in [1.807, 2.05) is 0 Å². The molecule has 0 unspecified atom stereocenters. The Labute approximate surface area is 117 Å². The number of ether oxygens (including phenoxy) is 1. The van der Waals surface area contributed by atoms with Crippen LogP contribution in [-0.2, 0) is 0 Å². The lowest BCUT2D eigenvalue weighted by molar-refractivity contribution is -0.384. The summed E-state index contributed by atoms with van der Waals surface area (Å²) < 4.78 is 18.1. The summed E-state index contributed by atoms with van der Waals surface area (Å²) in [5.74, 6) is -0.434. The fourth-order valence-electron chi connectivity index (χ4n) is 1.51. The van der Waals surface area contributed by atoms with Crippen LogP contribution in [-0.4, -0.2) is 22.0 Å². The first-order valence-corrected chi connectivity index (χ1v) is 5.66. The van der Waals surface area contributed by atoms with Crippen LogP contribution >= 0.6 is 11.6 Å². The number of methoxy groups -OCH3 is 1. The maximum atomic E-state index is 13.1. The Hall–Kier alpha value is -2.48. The van der Waals surface area contributed by atoms with E-state index in [0.29, 0.717) is 5.69 Å². The van der Waals surface area contributed by atoms with Gasteiger partial charge in [-0.25, -0.2) is 14.4 Å². The number of rotatable bonds is 4. The molecule has 0 atom stereocenters. The van der Waals surface area contributed by atoms with Crippen molar-refractivity contribution in [1.82, 2.24) is 9.97 Å². The van der Waals surface area contributed by atoms with E-state index in [-0.39, 0.29) is 16.7 Å². The Balaban J connectivity index is 2.45. The van der Waals surface area contributed by atoms with Crippen molar-refractivity contribution < 1.29 is 14.1 Å². The van der Waals surface area contributed by atoms with Crippen molar-refractivity contribution in [2.45, 2.75) is 0 Å². The van der Waals surface area contributed by atoms with Crippen molar-refractivity contribution in [3.63, 3.8) is 0 Å². The zero-order valence-corrected chi connectivity index (χ0v) is 10.9. The highest BCUT2D eigenvalue weighted by atomic mass is 35.5. The van der Waals surface area contributed by atoms with Gasteiger partial charge in [0.15, 0.2) is 0 Å². The van der Waals surface area contributed by atoms with E-state index < -0.39 is 16.4 Å². The molecule has 1 heterocycles. The second-order valence-electron chi connectivity index (χ2n) is 3.59. The Morgan fingerprint density at radius 3 is 2.85 bits per heavy atom. The van der Waals surface area contributed by atoms with Crippen LogP contribution in [0.5, 0.6) is 5.75 Å². The van der Waals surface area contributed by atoms with Gasteiger partial charge in [-0.3, -0.25) is 10.1 Å². The zero-order valence-electron chi connectivity index (χ0n) is 10.1. The molecular weight excluding hydrogens is 291 g/mol. The third-order valence-corrected chi connectivity index (χ3v) is 2.65. The zero-order chi connectivity index (χ0) is 14.7. The minimum Gasteiger partial charge on any atom is -0.494 e. The molecule has 0 aliphatic heterocycles. The number of hydrogen-bond donors (Lipinski definition) is 1. The number of benzene rings is 1. The summed E-state index contributed by atoms with van der Waals surface area (Å²) in [6.45, 7) is 0. The summed E-state index contributed by atoms with van der Waals surface area (Å²) in [4.78, 5) is 17.5. The Morgan fingerprint density at radius 2 is 2.20 bits per heavy atom. The number of nitro groups is 1. The smallest absolute Gasteiger partial charge is 0.348 e. The van der Waals surface area contributed by atoms with Crippen LogP contribution in [0.1, 0.15) is 0 Å². The summed E-state index contributed by atoms with van der Waals surface area (Å²) in [5.41, 5.74) is -0.160. The molecule has 0 amide bonds. The van der Waals surface area contributed by atoms with Gasteiger partial charge >= 0.3 is 5.69 Å². The molecule has 7 nitrogen and oxygen atoms in total. The molecule has 0 saturated carbocycles. The van der Waals surface area contributed by atoms with Gasteiger partial charge in [-0.2, -0.15) is 0 Å². The van der Waals surface area contributed by atoms with E-state index in [9.17, 15) is 14.5 Å². The van der Waals surface area contributed by atoms with Crippen LogP contribution < -0.4 is 10.1 Å². The summed E-state index contributed by atoms with van der Waals surface area (Å²) in [6, 6.07) is 3.68. The molecule has 2 aromatic rings. The first-order valence-electron chi connectivity index (χ1n) is 5.28. The van der Waals surface area contributed by atoms with Crippen LogP contribution in [0.4, 0.5) is 21.6 Å². The molecule has 20 heavy (non-hydrogen) atoms. The summed E-state index contributed by atoms with van der Waals surface area (Å²) >= 11 is 5.67. The van der Waals surface area contributed by atoms with E-state index in [1.165, 1.54) is 19.2 Å². The van der Waals surface area contributed by atoms with E-state index >= 15 is 0 Å². The first-order chi connectivity index (χ1) is 9.52. The SMILES string of the molecule is COc1cc(F)ccc1Nc1ncnc(Cl)c1[N+](=O)[O-]. The van der Waals surface area contributed by atoms with Gasteiger partial charge in [0.2, 0.25) is 11.0 Å². The van der Waals surface area contributed by atoms with Crippen LogP contribution in [0.25, 0.3) is 0 Å². The summed E-state index contributed by atoms with van der Waals surface area (Å²) in [6.07, 6.45) is 1.08. The number of aromatic nitrogens is 2. The van der Waals surface area contributed by atoms with Crippen molar-refractivity contribution >= 4 is 28.8 Å². The molecule has 0 aliphatic rings. The third kappa shape index (κ3) is 2.75. The molecule has 1 N–H and O–H groups in total. The fourth-order valence-corrected chi connectivity index (χ4v) is 1.71. The predicted molar refractivity (Wildman–Crippen MR) is 69.9 cm³/mol. The van der Waals surface area contributed by atoms with E-state index in [4.69, 9.17) is 16.3 Å². The molecule has 0 bridgehead atoms. The average molecular weight is 299 g/mol. The largest absolute Gasteiger partial charge is 0.494 e. The predicted octanol–water partition coefficient (Wildman–Crippen LogP) is 2.93. The molecule has 0 spiro atoms. The highest BCUT2D eigenvalue weighted by Crippen LogP contribution is 2.34. The van der Waals surface area contributed by atoms with Crippen LogP contribution in [0.15, 0.2) is 24.5 Å². The first kappa shape index (κ1) is 13.9. The van der Waals surface area contributed by atoms with E-state index in [0.717, 1.165) is 12.4 Å². The van der Waals surface area contributed by atoms with Crippen molar-refractivity contribution in [3.05, 3.63) is 45.6 Å². The van der Waals surface area contributed by atoms with Crippen molar-refractivity contribution in [2.24, 2.45) is 0 Å². The molecule has 0 aliphatic carbocycles. The maximum absolute atomic E-state index is 13.1. The lowest BCUT2D eigenvalue weighted by atomic mass is 10.2. The maximum Gasteiger partial charge on any atom is 0.348 e. The van der Waals surface area contributed by atoms with Crippen LogP contribution in [0.2, 0.25) is 5.15 Å². The van der Waals surface area contributed by atoms with Crippen molar-refractivity contribution in [2.75, 3.05) is 12.4 Å².